The van der Waals surface area contributed by atoms with Crippen molar-refractivity contribution in [2.24, 2.45) is 0 Å². The van der Waals surface area contributed by atoms with Crippen molar-refractivity contribution in [3.63, 3.8) is 0 Å². The number of hydrogen-bond donors (Lipinski definition) is 0. The minimum Gasteiger partial charge on any atom is -0.446 e. The van der Waals surface area contributed by atoms with Gasteiger partial charge in [-0.05, 0) is 55.7 Å². The van der Waals surface area contributed by atoms with Crippen LogP contribution in [0.5, 0.6) is 0 Å². The Hall–Kier alpha value is -2.51. The summed E-state index contributed by atoms with van der Waals surface area (Å²) in [5, 5.41) is 0. The van der Waals surface area contributed by atoms with Crippen LogP contribution in [0.2, 0.25) is 19.6 Å². The van der Waals surface area contributed by atoms with E-state index in [0.717, 1.165) is 11.1 Å². The molecule has 0 aromatic heterocycles. The van der Waals surface area contributed by atoms with Crippen molar-refractivity contribution in [1.29, 1.82) is 0 Å². The van der Waals surface area contributed by atoms with Gasteiger partial charge in [-0.25, -0.2) is 14.1 Å². The Balaban J connectivity index is 1.64. The largest absolute Gasteiger partial charge is 0.446 e. The highest BCUT2D eigenvalue weighted by Crippen LogP contribution is 2.31. The van der Waals surface area contributed by atoms with Gasteiger partial charge in [-0.2, -0.15) is 0 Å². The van der Waals surface area contributed by atoms with E-state index in [0.29, 0.717) is 12.8 Å². The van der Waals surface area contributed by atoms with E-state index in [4.69, 9.17) is 9.16 Å². The fourth-order valence-corrected chi connectivity index (χ4v) is 4.68. The van der Waals surface area contributed by atoms with Crippen LogP contribution in [0.15, 0.2) is 54.6 Å². The quantitative estimate of drug-likeness (QED) is 0.512. The Kier molecular flexibility index (Phi) is 7.05. The topological polar surface area (TPSA) is 55.8 Å². The maximum absolute atomic E-state index is 13.3. The number of halogens is 1. The Morgan fingerprint density at radius 3 is 2.47 bits per heavy atom. The summed E-state index contributed by atoms with van der Waals surface area (Å²) in [5.74, 6) is -0.544. The number of nitrogens with zero attached hydrogens (tertiary/aromatic N) is 1. The van der Waals surface area contributed by atoms with Gasteiger partial charge < -0.3 is 9.16 Å². The number of carbonyl (C=O) groups is 2. The lowest BCUT2D eigenvalue weighted by atomic mass is 10.0. The lowest BCUT2D eigenvalue weighted by Gasteiger charge is -2.27. The predicted molar refractivity (Wildman–Crippen MR) is 115 cm³/mol. The Morgan fingerprint density at radius 2 is 1.83 bits per heavy atom. The van der Waals surface area contributed by atoms with Gasteiger partial charge in [0.05, 0.1) is 6.10 Å². The summed E-state index contributed by atoms with van der Waals surface area (Å²) in [6, 6.07) is 15.3. The minimum absolute atomic E-state index is 0.172. The number of imide groups is 1. The third-order valence-electron chi connectivity index (χ3n) is 4.92. The van der Waals surface area contributed by atoms with E-state index in [2.05, 4.69) is 19.6 Å². The molecule has 5 nitrogen and oxygen atoms in total. The molecule has 2 atom stereocenters. The van der Waals surface area contributed by atoms with Gasteiger partial charge in [-0.3, -0.25) is 4.79 Å². The van der Waals surface area contributed by atoms with E-state index >= 15 is 0 Å². The molecule has 7 heteroatoms. The molecule has 3 rings (SSSR count). The zero-order valence-electron chi connectivity index (χ0n) is 17.6. The number of carbonyl (C=O) groups excluding carboxylic acids is 2. The molecule has 0 saturated carbocycles. The summed E-state index contributed by atoms with van der Waals surface area (Å²) in [5.41, 5.74) is 1.77. The third-order valence-corrected chi connectivity index (χ3v) is 5.91. The molecule has 0 spiro atoms. The summed E-state index contributed by atoms with van der Waals surface area (Å²) in [6.07, 6.45) is 0.574. The maximum Gasteiger partial charge on any atom is 0.417 e. The number of amides is 2. The van der Waals surface area contributed by atoms with Crippen molar-refractivity contribution in [1.82, 2.24) is 4.90 Å². The van der Waals surface area contributed by atoms with Gasteiger partial charge in [0.2, 0.25) is 5.91 Å². The average molecular weight is 430 g/mol. The molecule has 1 aliphatic heterocycles. The number of cyclic esters (lactones) is 1. The van der Waals surface area contributed by atoms with Crippen LogP contribution in [0.4, 0.5) is 9.18 Å². The fraction of sp³-hybridized carbons (Fsp3) is 0.391. The highest BCUT2D eigenvalue weighted by molar-refractivity contribution is 6.69. The SMILES string of the molecule is C[Si](C)(C)OC(CCCC(=O)N1C(=O)OC[C@@H]1c1ccccc1)c1ccc(F)cc1. The zero-order valence-corrected chi connectivity index (χ0v) is 18.6. The van der Waals surface area contributed by atoms with Gasteiger partial charge in [0, 0.05) is 6.42 Å². The fourth-order valence-electron chi connectivity index (χ4n) is 3.57. The first-order valence-corrected chi connectivity index (χ1v) is 13.6. The van der Waals surface area contributed by atoms with Crippen LogP contribution in [-0.2, 0) is 14.0 Å². The molecule has 0 aliphatic carbocycles. The van der Waals surface area contributed by atoms with Gasteiger partial charge in [0.25, 0.3) is 0 Å². The van der Waals surface area contributed by atoms with Crippen LogP contribution in [0.25, 0.3) is 0 Å². The summed E-state index contributed by atoms with van der Waals surface area (Å²) >= 11 is 0. The highest BCUT2D eigenvalue weighted by atomic mass is 28.4. The van der Waals surface area contributed by atoms with Crippen molar-refractivity contribution >= 4 is 20.3 Å². The van der Waals surface area contributed by atoms with Gasteiger partial charge in [-0.15, -0.1) is 0 Å². The van der Waals surface area contributed by atoms with Crippen LogP contribution in [0, 0.1) is 5.82 Å². The first-order valence-electron chi connectivity index (χ1n) is 10.2. The van der Waals surface area contributed by atoms with Gasteiger partial charge in [0.1, 0.15) is 18.5 Å². The monoisotopic (exact) mass is 429 g/mol. The highest BCUT2D eigenvalue weighted by Gasteiger charge is 2.38. The van der Waals surface area contributed by atoms with E-state index in [1.165, 1.54) is 17.0 Å². The molecular formula is C23H28FNO4Si. The molecule has 2 aromatic rings. The molecule has 1 heterocycles. The number of ether oxygens (including phenoxy) is 1. The molecule has 0 N–H and O–H groups in total. The minimum atomic E-state index is -1.85. The zero-order chi connectivity index (χ0) is 21.7. The molecule has 30 heavy (non-hydrogen) atoms. The average Bonchev–Trinajstić information content (AvgIpc) is 3.09. The number of hydrogen-bond acceptors (Lipinski definition) is 4. The van der Waals surface area contributed by atoms with Crippen molar-refractivity contribution < 1.29 is 23.1 Å². The van der Waals surface area contributed by atoms with E-state index in [9.17, 15) is 14.0 Å². The normalized spacial score (nSPS) is 17.7. The summed E-state index contributed by atoms with van der Waals surface area (Å²) in [6.45, 7) is 6.46. The second-order valence-corrected chi connectivity index (χ2v) is 12.9. The second-order valence-electron chi connectivity index (χ2n) is 8.43. The van der Waals surface area contributed by atoms with E-state index < -0.39 is 20.5 Å². The smallest absolute Gasteiger partial charge is 0.417 e. The van der Waals surface area contributed by atoms with Gasteiger partial charge in [0.15, 0.2) is 8.32 Å². The van der Waals surface area contributed by atoms with Crippen LogP contribution in [-0.4, -0.2) is 31.8 Å². The van der Waals surface area contributed by atoms with E-state index in [1.807, 2.05) is 30.3 Å². The Labute approximate surface area is 177 Å². The molecule has 1 fully saturated rings. The molecule has 160 valence electrons. The van der Waals surface area contributed by atoms with Crippen LogP contribution >= 0.6 is 0 Å². The third kappa shape index (κ3) is 5.76. The molecule has 0 bridgehead atoms. The van der Waals surface area contributed by atoms with Crippen molar-refractivity contribution in [2.75, 3.05) is 6.61 Å². The van der Waals surface area contributed by atoms with Crippen molar-refractivity contribution in [3.8, 4) is 0 Å². The Morgan fingerprint density at radius 1 is 1.17 bits per heavy atom. The summed E-state index contributed by atoms with van der Waals surface area (Å²) < 4.78 is 24.7. The molecule has 2 amide bonds. The standard InChI is InChI=1S/C23H28FNO4Si/c1-30(2,3)29-21(18-12-14-19(24)15-13-18)10-7-11-22(26)25-20(16-28-23(25)27)17-8-5-4-6-9-17/h4-6,8-9,12-15,20-21H,7,10-11,16H2,1-3H3/t20-,21?/m1/s1. The van der Waals surface area contributed by atoms with Crippen LogP contribution < -0.4 is 0 Å². The van der Waals surface area contributed by atoms with Crippen LogP contribution in [0.3, 0.4) is 0 Å². The first kappa shape index (κ1) is 22.2. The first-order chi connectivity index (χ1) is 14.2. The van der Waals surface area contributed by atoms with E-state index in [-0.39, 0.29) is 30.9 Å². The lowest BCUT2D eigenvalue weighted by Crippen LogP contribution is -2.34. The van der Waals surface area contributed by atoms with Crippen molar-refractivity contribution in [3.05, 3.63) is 71.5 Å². The second kappa shape index (κ2) is 9.53. The Bertz CT molecular complexity index is 867. The molecular weight excluding hydrogens is 401 g/mol. The van der Waals surface area contributed by atoms with E-state index in [1.54, 1.807) is 12.1 Å². The molecule has 1 saturated heterocycles. The number of benzene rings is 2. The van der Waals surface area contributed by atoms with Crippen molar-refractivity contribution in [2.45, 2.75) is 51.0 Å². The summed E-state index contributed by atoms with van der Waals surface area (Å²) in [4.78, 5) is 26.2. The van der Waals surface area contributed by atoms with Gasteiger partial charge >= 0.3 is 6.09 Å². The molecule has 1 unspecified atom stereocenters. The summed E-state index contributed by atoms with van der Waals surface area (Å²) in [7, 11) is -1.85. The van der Waals surface area contributed by atoms with Crippen LogP contribution in [0.1, 0.15) is 42.5 Å². The predicted octanol–water partition coefficient (Wildman–Crippen LogP) is 5.61. The van der Waals surface area contributed by atoms with Gasteiger partial charge in [-0.1, -0.05) is 42.5 Å². The number of rotatable bonds is 8. The maximum atomic E-state index is 13.3. The molecule has 2 aromatic carbocycles. The molecule has 0 radical (unpaired) electrons. The molecule has 1 aliphatic rings. The lowest BCUT2D eigenvalue weighted by molar-refractivity contribution is -0.129.